The highest BCUT2D eigenvalue weighted by atomic mass is 35.5. The number of benzene rings is 2. The van der Waals surface area contributed by atoms with Crippen LogP contribution in [0, 0.1) is 0 Å². The topological polar surface area (TPSA) is 156 Å². The lowest BCUT2D eigenvalue weighted by atomic mass is 9.98. The van der Waals surface area contributed by atoms with Crippen LogP contribution in [0.2, 0.25) is 5.02 Å². The molecule has 1 saturated heterocycles. The van der Waals surface area contributed by atoms with E-state index in [2.05, 4.69) is 15.3 Å². The molecule has 1 aliphatic rings. The molecule has 4 aromatic rings. The molecule has 0 spiro atoms. The zero-order valence-corrected chi connectivity index (χ0v) is 19.0. The standard InChI is InChI=1S/C23H22ClN5O6/c24-13-6-7-15-16(8-13)25-21(12-4-2-1-3-5-12)28(22(15)34)9-14-10-29(27-26-14)23-20(33)19(32)18(31)17(11-30)35-23/h1-8,10,17-20,23,30-33H,9,11H2/t17-,18+,19+,20-,23-/m1/s1. The first-order valence-corrected chi connectivity index (χ1v) is 11.2. The number of halogens is 1. The second-order valence-corrected chi connectivity index (χ2v) is 8.70. The van der Waals surface area contributed by atoms with Crippen LogP contribution in [0.15, 0.2) is 59.5 Å². The Morgan fingerprint density at radius 2 is 1.80 bits per heavy atom. The molecule has 4 N–H and O–H groups in total. The molecular weight excluding hydrogens is 478 g/mol. The van der Waals surface area contributed by atoms with Crippen molar-refractivity contribution < 1.29 is 25.2 Å². The minimum atomic E-state index is -1.55. The minimum absolute atomic E-state index is 0.00600. The quantitative estimate of drug-likeness (QED) is 0.304. The Bertz CT molecular complexity index is 1410. The Morgan fingerprint density at radius 3 is 2.54 bits per heavy atom. The minimum Gasteiger partial charge on any atom is -0.394 e. The molecule has 0 unspecified atom stereocenters. The molecular formula is C23H22ClN5O6. The lowest BCUT2D eigenvalue weighted by Crippen LogP contribution is -2.56. The van der Waals surface area contributed by atoms with Gasteiger partial charge in [0.2, 0.25) is 0 Å². The molecule has 0 saturated carbocycles. The number of rotatable bonds is 5. The maximum absolute atomic E-state index is 13.4. The highest BCUT2D eigenvalue weighted by Crippen LogP contribution is 2.28. The molecule has 35 heavy (non-hydrogen) atoms. The molecule has 0 amide bonds. The van der Waals surface area contributed by atoms with Crippen LogP contribution in [0.1, 0.15) is 11.9 Å². The first kappa shape index (κ1) is 23.5. The van der Waals surface area contributed by atoms with E-state index in [1.54, 1.807) is 18.2 Å². The largest absolute Gasteiger partial charge is 0.394 e. The van der Waals surface area contributed by atoms with E-state index in [0.29, 0.717) is 33.0 Å². The van der Waals surface area contributed by atoms with Gasteiger partial charge in [0.1, 0.15) is 35.9 Å². The number of aromatic nitrogens is 5. The van der Waals surface area contributed by atoms with Gasteiger partial charge in [-0.3, -0.25) is 9.36 Å². The molecule has 1 aliphatic heterocycles. The van der Waals surface area contributed by atoms with Crippen molar-refractivity contribution in [2.75, 3.05) is 6.61 Å². The van der Waals surface area contributed by atoms with Crippen molar-refractivity contribution in [3.63, 3.8) is 0 Å². The zero-order valence-electron chi connectivity index (χ0n) is 18.2. The predicted octanol–water partition coefficient (Wildman–Crippen LogP) is 0.329. The number of aliphatic hydroxyl groups is 4. The van der Waals surface area contributed by atoms with E-state index < -0.39 is 37.3 Å². The van der Waals surface area contributed by atoms with Crippen molar-refractivity contribution in [3.05, 3.63) is 75.8 Å². The van der Waals surface area contributed by atoms with E-state index in [0.717, 1.165) is 0 Å². The Kier molecular flexibility index (Phi) is 6.36. The molecule has 5 rings (SSSR count). The van der Waals surface area contributed by atoms with E-state index in [4.69, 9.17) is 16.3 Å². The van der Waals surface area contributed by atoms with E-state index >= 15 is 0 Å². The van der Waals surface area contributed by atoms with Crippen molar-refractivity contribution in [3.8, 4) is 11.4 Å². The number of nitrogens with zero attached hydrogens (tertiary/aromatic N) is 5. The van der Waals surface area contributed by atoms with Crippen LogP contribution in [0.5, 0.6) is 0 Å². The number of hydrogen-bond acceptors (Lipinski definition) is 9. The first-order chi connectivity index (χ1) is 16.9. The van der Waals surface area contributed by atoms with Crippen molar-refractivity contribution in [2.24, 2.45) is 0 Å². The number of aliphatic hydroxyl groups excluding tert-OH is 4. The van der Waals surface area contributed by atoms with E-state index in [1.807, 2.05) is 30.3 Å². The van der Waals surface area contributed by atoms with Gasteiger partial charge in [0.15, 0.2) is 6.23 Å². The van der Waals surface area contributed by atoms with E-state index in [-0.39, 0.29) is 12.1 Å². The van der Waals surface area contributed by atoms with Gasteiger partial charge in [-0.1, -0.05) is 47.1 Å². The van der Waals surface area contributed by atoms with Crippen molar-refractivity contribution in [2.45, 2.75) is 37.2 Å². The number of ether oxygens (including phenoxy) is 1. The molecule has 182 valence electrons. The third kappa shape index (κ3) is 4.33. The zero-order chi connectivity index (χ0) is 24.7. The Balaban J connectivity index is 1.54. The van der Waals surface area contributed by atoms with Gasteiger partial charge < -0.3 is 25.2 Å². The molecule has 0 aliphatic carbocycles. The van der Waals surface area contributed by atoms with Crippen LogP contribution >= 0.6 is 11.6 Å². The van der Waals surface area contributed by atoms with Crippen LogP contribution in [-0.4, -0.2) is 76.0 Å². The predicted molar refractivity (Wildman–Crippen MR) is 125 cm³/mol. The summed E-state index contributed by atoms with van der Waals surface area (Å²) in [5, 5.41) is 48.8. The summed E-state index contributed by atoms with van der Waals surface area (Å²) in [6.07, 6.45) is -5.39. The monoisotopic (exact) mass is 499 g/mol. The highest BCUT2D eigenvalue weighted by Gasteiger charge is 2.44. The molecule has 0 radical (unpaired) electrons. The summed E-state index contributed by atoms with van der Waals surface area (Å²) in [5.74, 6) is 0.410. The summed E-state index contributed by atoms with van der Waals surface area (Å²) in [6.45, 7) is -0.558. The number of fused-ring (bicyclic) bond motifs is 1. The SMILES string of the molecule is O=c1c2ccc(Cl)cc2nc(-c2ccccc2)n1Cc1cn([C@@H]2O[C@H](CO)[C@H](O)[C@H](O)[C@H]2O)nn1. The summed E-state index contributed by atoms with van der Waals surface area (Å²) in [4.78, 5) is 18.1. The summed E-state index contributed by atoms with van der Waals surface area (Å²) < 4.78 is 8.17. The molecule has 1 fully saturated rings. The lowest BCUT2D eigenvalue weighted by molar-refractivity contribution is -0.254. The average Bonchev–Trinajstić information content (AvgIpc) is 3.33. The second kappa shape index (κ2) is 9.46. The third-order valence-electron chi connectivity index (χ3n) is 5.95. The Hall–Kier alpha value is -3.19. The van der Waals surface area contributed by atoms with Crippen LogP contribution in [-0.2, 0) is 11.3 Å². The van der Waals surface area contributed by atoms with Crippen molar-refractivity contribution in [1.29, 1.82) is 0 Å². The summed E-state index contributed by atoms with van der Waals surface area (Å²) in [7, 11) is 0. The van der Waals surface area contributed by atoms with Gasteiger partial charge in [-0.05, 0) is 18.2 Å². The Labute approximate surface area is 203 Å². The first-order valence-electron chi connectivity index (χ1n) is 10.8. The van der Waals surface area contributed by atoms with Crippen LogP contribution in [0.25, 0.3) is 22.3 Å². The average molecular weight is 500 g/mol. The summed E-state index contributed by atoms with van der Waals surface area (Å²) >= 11 is 6.12. The lowest BCUT2D eigenvalue weighted by Gasteiger charge is -2.39. The molecule has 12 heteroatoms. The summed E-state index contributed by atoms with van der Waals surface area (Å²) in [6, 6.07) is 14.1. The van der Waals surface area contributed by atoms with Crippen LogP contribution in [0.4, 0.5) is 0 Å². The molecule has 11 nitrogen and oxygen atoms in total. The van der Waals surface area contributed by atoms with Crippen molar-refractivity contribution >= 4 is 22.5 Å². The summed E-state index contributed by atoms with van der Waals surface area (Å²) in [5.41, 5.74) is 1.24. The van der Waals surface area contributed by atoms with Gasteiger partial charge in [-0.25, -0.2) is 9.67 Å². The van der Waals surface area contributed by atoms with Gasteiger partial charge in [-0.15, -0.1) is 5.10 Å². The molecule has 0 bridgehead atoms. The molecule has 2 aromatic carbocycles. The highest BCUT2D eigenvalue weighted by molar-refractivity contribution is 6.31. The smallest absolute Gasteiger partial charge is 0.262 e. The Morgan fingerprint density at radius 1 is 1.03 bits per heavy atom. The molecule has 5 atom stereocenters. The van der Waals surface area contributed by atoms with Crippen LogP contribution < -0.4 is 5.56 Å². The van der Waals surface area contributed by atoms with Gasteiger partial charge in [0.25, 0.3) is 5.56 Å². The maximum Gasteiger partial charge on any atom is 0.262 e. The molecule has 3 heterocycles. The fraction of sp³-hybridized carbons (Fsp3) is 0.304. The molecule has 2 aromatic heterocycles. The maximum atomic E-state index is 13.4. The number of hydrogen-bond donors (Lipinski definition) is 4. The van der Waals surface area contributed by atoms with Gasteiger partial charge in [0.05, 0.1) is 30.3 Å². The van der Waals surface area contributed by atoms with E-state index in [1.165, 1.54) is 15.4 Å². The van der Waals surface area contributed by atoms with Gasteiger partial charge in [0, 0.05) is 10.6 Å². The normalized spacial score (nSPS) is 24.7. The van der Waals surface area contributed by atoms with Gasteiger partial charge >= 0.3 is 0 Å². The van der Waals surface area contributed by atoms with Gasteiger partial charge in [-0.2, -0.15) is 0 Å². The van der Waals surface area contributed by atoms with Crippen LogP contribution in [0.3, 0.4) is 0 Å². The fourth-order valence-corrected chi connectivity index (χ4v) is 4.29. The fourth-order valence-electron chi connectivity index (χ4n) is 4.12. The third-order valence-corrected chi connectivity index (χ3v) is 6.19. The second-order valence-electron chi connectivity index (χ2n) is 8.26. The van der Waals surface area contributed by atoms with E-state index in [9.17, 15) is 25.2 Å². The van der Waals surface area contributed by atoms with Crippen molar-refractivity contribution in [1.82, 2.24) is 24.5 Å².